The number of anilines is 1. The van der Waals surface area contributed by atoms with Gasteiger partial charge in [-0.15, -0.1) is 0 Å². The molecule has 29 heavy (non-hydrogen) atoms. The van der Waals surface area contributed by atoms with Crippen LogP contribution in [0.25, 0.3) is 11.1 Å². The van der Waals surface area contributed by atoms with Crippen LogP contribution in [0.3, 0.4) is 0 Å². The summed E-state index contributed by atoms with van der Waals surface area (Å²) >= 11 is 6.04. The van der Waals surface area contributed by atoms with Crippen molar-refractivity contribution in [1.82, 2.24) is 19.8 Å². The SMILES string of the molecule is Nc1ncc(-c2ccc(Cl)cc2)c([C@@H]2CCCN(C(=O)CN3CCOCC3)C2)n1. The molecular weight excluding hydrogens is 390 g/mol. The van der Waals surface area contributed by atoms with Crippen molar-refractivity contribution in [2.75, 3.05) is 51.7 Å². The highest BCUT2D eigenvalue weighted by Gasteiger charge is 2.29. The molecular formula is C21H26ClN5O2. The normalized spacial score (nSPS) is 20.6. The number of nitrogen functional groups attached to an aromatic ring is 1. The summed E-state index contributed by atoms with van der Waals surface area (Å²) in [5.74, 6) is 0.564. The standard InChI is InChI=1S/C21H26ClN5O2/c22-17-5-3-15(4-6-17)18-12-24-21(23)25-20(18)16-2-1-7-27(13-16)19(28)14-26-8-10-29-11-9-26/h3-6,12,16H,1-2,7-11,13-14H2,(H2,23,24,25)/t16-/m1/s1. The van der Waals surface area contributed by atoms with E-state index in [4.69, 9.17) is 22.1 Å². The monoisotopic (exact) mass is 415 g/mol. The fourth-order valence-electron chi connectivity index (χ4n) is 4.05. The minimum Gasteiger partial charge on any atom is -0.379 e. The van der Waals surface area contributed by atoms with Crippen LogP contribution in [0.2, 0.25) is 5.02 Å². The molecule has 1 amide bonds. The Hall–Kier alpha value is -2.22. The first-order chi connectivity index (χ1) is 14.1. The number of aromatic nitrogens is 2. The minimum absolute atomic E-state index is 0.133. The largest absolute Gasteiger partial charge is 0.379 e. The Balaban J connectivity index is 1.52. The molecule has 2 fully saturated rings. The highest BCUT2D eigenvalue weighted by atomic mass is 35.5. The number of carbonyl (C=O) groups is 1. The number of carbonyl (C=O) groups excluding carboxylic acids is 1. The molecule has 2 aromatic rings. The van der Waals surface area contributed by atoms with Crippen molar-refractivity contribution in [2.24, 2.45) is 0 Å². The number of piperidine rings is 1. The van der Waals surface area contributed by atoms with E-state index in [1.165, 1.54) is 0 Å². The van der Waals surface area contributed by atoms with Crippen LogP contribution in [0.15, 0.2) is 30.5 Å². The van der Waals surface area contributed by atoms with Gasteiger partial charge in [0.1, 0.15) is 0 Å². The Morgan fingerprint density at radius 2 is 1.97 bits per heavy atom. The van der Waals surface area contributed by atoms with Gasteiger partial charge in [0.2, 0.25) is 11.9 Å². The van der Waals surface area contributed by atoms with Gasteiger partial charge in [-0.3, -0.25) is 9.69 Å². The number of nitrogens with two attached hydrogens (primary N) is 1. The van der Waals surface area contributed by atoms with Gasteiger partial charge in [-0.05, 0) is 30.5 Å². The Kier molecular flexibility index (Phi) is 6.28. The molecule has 0 radical (unpaired) electrons. The zero-order valence-corrected chi connectivity index (χ0v) is 17.1. The van der Waals surface area contributed by atoms with Crippen molar-refractivity contribution >= 4 is 23.5 Å². The average Bonchev–Trinajstić information content (AvgIpc) is 2.75. The number of hydrogen-bond donors (Lipinski definition) is 1. The van der Waals surface area contributed by atoms with Crippen molar-refractivity contribution in [2.45, 2.75) is 18.8 Å². The molecule has 1 atom stereocenters. The number of nitrogens with zero attached hydrogens (tertiary/aromatic N) is 4. The van der Waals surface area contributed by atoms with Gasteiger partial charge in [0, 0.05) is 48.9 Å². The van der Waals surface area contributed by atoms with Crippen LogP contribution in [0.4, 0.5) is 5.95 Å². The molecule has 154 valence electrons. The first-order valence-corrected chi connectivity index (χ1v) is 10.4. The third-order valence-electron chi connectivity index (χ3n) is 5.62. The van der Waals surface area contributed by atoms with E-state index in [2.05, 4.69) is 14.9 Å². The number of morpholine rings is 1. The summed E-state index contributed by atoms with van der Waals surface area (Å²) in [5, 5.41) is 0.684. The second-order valence-electron chi connectivity index (χ2n) is 7.60. The van der Waals surface area contributed by atoms with Crippen LogP contribution in [0.5, 0.6) is 0 Å². The van der Waals surface area contributed by atoms with E-state index in [0.29, 0.717) is 31.3 Å². The second-order valence-corrected chi connectivity index (χ2v) is 8.04. The van der Waals surface area contributed by atoms with E-state index < -0.39 is 0 Å². The molecule has 3 heterocycles. The first kappa shape index (κ1) is 20.1. The van der Waals surface area contributed by atoms with Crippen molar-refractivity contribution in [3.05, 3.63) is 41.2 Å². The fraction of sp³-hybridized carbons (Fsp3) is 0.476. The number of hydrogen-bond acceptors (Lipinski definition) is 6. The molecule has 0 bridgehead atoms. The van der Waals surface area contributed by atoms with Gasteiger partial charge >= 0.3 is 0 Å². The fourth-order valence-corrected chi connectivity index (χ4v) is 4.18. The Labute approximate surface area is 175 Å². The van der Waals surface area contributed by atoms with Crippen molar-refractivity contribution in [3.63, 3.8) is 0 Å². The van der Waals surface area contributed by atoms with Gasteiger partial charge in [-0.2, -0.15) is 0 Å². The third kappa shape index (κ3) is 4.86. The number of ether oxygens (including phenoxy) is 1. The maximum absolute atomic E-state index is 12.9. The quantitative estimate of drug-likeness (QED) is 0.825. The van der Waals surface area contributed by atoms with Crippen LogP contribution in [0.1, 0.15) is 24.5 Å². The van der Waals surface area contributed by atoms with Gasteiger partial charge in [-0.1, -0.05) is 23.7 Å². The maximum atomic E-state index is 12.9. The molecule has 1 aromatic carbocycles. The van der Waals surface area contributed by atoms with Gasteiger partial charge in [0.05, 0.1) is 25.5 Å². The van der Waals surface area contributed by atoms with E-state index in [1.807, 2.05) is 29.2 Å². The van der Waals surface area contributed by atoms with Crippen molar-refractivity contribution in [3.8, 4) is 11.1 Å². The van der Waals surface area contributed by atoms with E-state index >= 15 is 0 Å². The molecule has 1 aromatic heterocycles. The van der Waals surface area contributed by atoms with Crippen LogP contribution in [-0.2, 0) is 9.53 Å². The molecule has 0 unspecified atom stereocenters. The zero-order valence-electron chi connectivity index (χ0n) is 16.4. The topological polar surface area (TPSA) is 84.6 Å². The van der Waals surface area contributed by atoms with E-state index in [9.17, 15) is 4.79 Å². The number of amides is 1. The summed E-state index contributed by atoms with van der Waals surface area (Å²) in [6.45, 7) is 4.91. The van der Waals surface area contributed by atoms with Gasteiger partial charge in [0.25, 0.3) is 0 Å². The maximum Gasteiger partial charge on any atom is 0.236 e. The Morgan fingerprint density at radius 1 is 1.21 bits per heavy atom. The minimum atomic E-state index is 0.133. The zero-order chi connectivity index (χ0) is 20.2. The van der Waals surface area contributed by atoms with Crippen LogP contribution in [-0.4, -0.2) is 71.6 Å². The third-order valence-corrected chi connectivity index (χ3v) is 5.87. The molecule has 2 saturated heterocycles. The van der Waals surface area contributed by atoms with Crippen molar-refractivity contribution in [1.29, 1.82) is 0 Å². The molecule has 2 aliphatic heterocycles. The van der Waals surface area contributed by atoms with Crippen molar-refractivity contribution < 1.29 is 9.53 Å². The predicted octanol–water partition coefficient (Wildman–Crippen LogP) is 2.42. The lowest BCUT2D eigenvalue weighted by Gasteiger charge is -2.35. The highest BCUT2D eigenvalue weighted by molar-refractivity contribution is 6.30. The molecule has 4 rings (SSSR count). The molecule has 8 heteroatoms. The molecule has 2 N–H and O–H groups in total. The van der Waals surface area contributed by atoms with Gasteiger partial charge in [0.15, 0.2) is 0 Å². The number of halogens is 1. The first-order valence-electron chi connectivity index (χ1n) is 10.1. The smallest absolute Gasteiger partial charge is 0.236 e. The summed E-state index contributed by atoms with van der Waals surface area (Å²) in [6, 6.07) is 7.64. The molecule has 0 spiro atoms. The van der Waals surface area contributed by atoms with Crippen LogP contribution < -0.4 is 5.73 Å². The summed E-state index contributed by atoms with van der Waals surface area (Å²) in [4.78, 5) is 25.8. The average molecular weight is 416 g/mol. The summed E-state index contributed by atoms with van der Waals surface area (Å²) in [6.07, 6.45) is 3.69. The van der Waals surface area contributed by atoms with Gasteiger partial charge in [-0.25, -0.2) is 9.97 Å². The molecule has 2 aliphatic rings. The number of rotatable bonds is 4. The van der Waals surface area contributed by atoms with Gasteiger partial charge < -0.3 is 15.4 Å². The van der Waals surface area contributed by atoms with Crippen LogP contribution in [0, 0.1) is 0 Å². The predicted molar refractivity (Wildman–Crippen MR) is 113 cm³/mol. The lowest BCUT2D eigenvalue weighted by atomic mass is 9.90. The molecule has 0 saturated carbocycles. The van der Waals surface area contributed by atoms with Crippen LogP contribution >= 0.6 is 11.6 Å². The lowest BCUT2D eigenvalue weighted by Crippen LogP contribution is -2.47. The summed E-state index contributed by atoms with van der Waals surface area (Å²) < 4.78 is 5.37. The second kappa shape index (κ2) is 9.07. The Bertz CT molecular complexity index is 855. The van der Waals surface area contributed by atoms with E-state index in [-0.39, 0.29) is 17.8 Å². The summed E-state index contributed by atoms with van der Waals surface area (Å²) in [5.41, 5.74) is 8.77. The highest BCUT2D eigenvalue weighted by Crippen LogP contribution is 2.33. The van der Waals surface area contributed by atoms with E-state index in [1.54, 1.807) is 6.20 Å². The lowest BCUT2D eigenvalue weighted by molar-refractivity contribution is -0.134. The Morgan fingerprint density at radius 3 is 2.72 bits per heavy atom. The molecule has 0 aliphatic carbocycles. The molecule has 7 nitrogen and oxygen atoms in total. The summed E-state index contributed by atoms with van der Waals surface area (Å²) in [7, 11) is 0. The number of benzene rings is 1. The number of likely N-dealkylation sites (tertiary alicyclic amines) is 1. The van der Waals surface area contributed by atoms with E-state index in [0.717, 1.165) is 49.3 Å².